The number of amides is 1. The number of nitrogens with one attached hydrogen (secondary N) is 1. The van der Waals surface area contributed by atoms with Crippen LogP contribution in [-0.2, 0) is 11.3 Å². The van der Waals surface area contributed by atoms with Gasteiger partial charge in [-0.1, -0.05) is 29.8 Å². The van der Waals surface area contributed by atoms with Crippen LogP contribution in [0, 0.1) is 0 Å². The van der Waals surface area contributed by atoms with Crippen molar-refractivity contribution in [2.45, 2.75) is 13.5 Å². The molecule has 1 aromatic carbocycles. The molecular weight excluding hydrogens is 230 g/mol. The minimum atomic E-state index is -0.0384. The molecule has 0 saturated heterocycles. The van der Waals surface area contributed by atoms with Gasteiger partial charge in [0.2, 0.25) is 5.91 Å². The molecule has 1 aromatic heterocycles. The molecule has 0 unspecified atom stereocenters. The average molecular weight is 240 g/mol. The second kappa shape index (κ2) is 4.21. The Hall–Kier alpha value is -1.06. The molecule has 0 saturated carbocycles. The fourth-order valence-corrected chi connectivity index (χ4v) is 2.82. The summed E-state index contributed by atoms with van der Waals surface area (Å²) in [6.07, 6.45) is 0. The van der Waals surface area contributed by atoms with Crippen molar-refractivity contribution in [2.75, 3.05) is 0 Å². The van der Waals surface area contributed by atoms with E-state index in [1.54, 1.807) is 11.3 Å². The number of hydrogen-bond donors (Lipinski definition) is 1. The molecule has 2 rings (SSSR count). The standard InChI is InChI=1S/C11H10ClNOS/c1-7(14)13-6-10-11(12)8-4-2-3-5-9(8)15-10/h2-5H,6H2,1H3,(H,13,14). The van der Waals surface area contributed by atoms with Gasteiger partial charge in [-0.15, -0.1) is 11.3 Å². The molecule has 0 atom stereocenters. The summed E-state index contributed by atoms with van der Waals surface area (Å²) >= 11 is 7.82. The number of halogens is 1. The highest BCUT2D eigenvalue weighted by Gasteiger charge is 2.09. The molecule has 0 aliphatic carbocycles. The van der Waals surface area contributed by atoms with Crippen LogP contribution in [-0.4, -0.2) is 5.91 Å². The second-order valence-corrected chi connectivity index (χ2v) is 4.76. The van der Waals surface area contributed by atoms with Crippen LogP contribution in [0.1, 0.15) is 11.8 Å². The number of rotatable bonds is 2. The lowest BCUT2D eigenvalue weighted by Gasteiger charge is -1.98. The van der Waals surface area contributed by atoms with Gasteiger partial charge >= 0.3 is 0 Å². The van der Waals surface area contributed by atoms with Gasteiger partial charge in [0.15, 0.2) is 0 Å². The van der Waals surface area contributed by atoms with E-state index in [0.29, 0.717) is 6.54 Å². The van der Waals surface area contributed by atoms with Crippen molar-refractivity contribution >= 4 is 38.9 Å². The molecular formula is C11H10ClNOS. The Morgan fingerprint density at radius 3 is 2.87 bits per heavy atom. The topological polar surface area (TPSA) is 29.1 Å². The van der Waals surface area contributed by atoms with Gasteiger partial charge < -0.3 is 5.32 Å². The van der Waals surface area contributed by atoms with Crippen molar-refractivity contribution in [2.24, 2.45) is 0 Å². The molecule has 78 valence electrons. The van der Waals surface area contributed by atoms with Crippen molar-refractivity contribution in [1.29, 1.82) is 0 Å². The van der Waals surface area contributed by atoms with Crippen molar-refractivity contribution in [3.63, 3.8) is 0 Å². The first-order valence-electron chi connectivity index (χ1n) is 4.59. The summed E-state index contributed by atoms with van der Waals surface area (Å²) in [4.78, 5) is 11.8. The van der Waals surface area contributed by atoms with Crippen molar-refractivity contribution in [1.82, 2.24) is 5.32 Å². The molecule has 0 aliphatic rings. The smallest absolute Gasteiger partial charge is 0.217 e. The first-order valence-corrected chi connectivity index (χ1v) is 5.78. The number of thiophene rings is 1. The Labute approximate surface area is 96.9 Å². The Morgan fingerprint density at radius 1 is 1.47 bits per heavy atom. The van der Waals surface area contributed by atoms with Crippen LogP contribution < -0.4 is 5.32 Å². The summed E-state index contributed by atoms with van der Waals surface area (Å²) in [6.45, 7) is 2.01. The Bertz CT molecular complexity index is 506. The SMILES string of the molecule is CC(=O)NCc1sc2ccccc2c1Cl. The summed E-state index contributed by atoms with van der Waals surface area (Å²) in [5, 5.41) is 4.56. The quantitative estimate of drug-likeness (QED) is 0.857. The molecule has 2 nitrogen and oxygen atoms in total. The molecule has 0 bridgehead atoms. The highest BCUT2D eigenvalue weighted by Crippen LogP contribution is 2.34. The Balaban J connectivity index is 2.36. The maximum Gasteiger partial charge on any atom is 0.217 e. The first kappa shape index (κ1) is 10.5. The van der Waals surface area contributed by atoms with Crippen LogP contribution in [0.4, 0.5) is 0 Å². The number of benzene rings is 1. The first-order chi connectivity index (χ1) is 7.18. The maximum absolute atomic E-state index is 10.8. The van der Waals surface area contributed by atoms with Crippen LogP contribution in [0.15, 0.2) is 24.3 Å². The van der Waals surface area contributed by atoms with Crippen LogP contribution in [0.5, 0.6) is 0 Å². The zero-order valence-corrected chi connectivity index (χ0v) is 9.78. The minimum Gasteiger partial charge on any atom is -0.351 e. The van der Waals surface area contributed by atoms with Crippen LogP contribution in [0.2, 0.25) is 5.02 Å². The molecule has 2 aromatic rings. The number of hydrogen-bond acceptors (Lipinski definition) is 2. The van der Waals surface area contributed by atoms with E-state index in [1.165, 1.54) is 6.92 Å². The molecule has 15 heavy (non-hydrogen) atoms. The van der Waals surface area contributed by atoms with Gasteiger partial charge in [0.1, 0.15) is 0 Å². The molecule has 4 heteroatoms. The van der Waals surface area contributed by atoms with E-state index in [9.17, 15) is 4.79 Å². The fraction of sp³-hybridized carbons (Fsp3) is 0.182. The zero-order chi connectivity index (χ0) is 10.8. The Morgan fingerprint density at radius 2 is 2.20 bits per heavy atom. The van der Waals surface area contributed by atoms with Gasteiger partial charge in [-0.3, -0.25) is 4.79 Å². The fourth-order valence-electron chi connectivity index (χ4n) is 1.38. The highest BCUT2D eigenvalue weighted by molar-refractivity contribution is 7.19. The minimum absolute atomic E-state index is 0.0384. The van der Waals surface area contributed by atoms with E-state index in [1.807, 2.05) is 24.3 Å². The van der Waals surface area contributed by atoms with Crippen LogP contribution in [0.25, 0.3) is 10.1 Å². The third-order valence-electron chi connectivity index (χ3n) is 2.10. The molecule has 0 radical (unpaired) electrons. The number of carbonyl (C=O) groups is 1. The summed E-state index contributed by atoms with van der Waals surface area (Å²) in [5.74, 6) is -0.0384. The molecule has 1 heterocycles. The van der Waals surface area contributed by atoms with Crippen LogP contribution in [0.3, 0.4) is 0 Å². The monoisotopic (exact) mass is 239 g/mol. The molecule has 1 N–H and O–H groups in total. The highest BCUT2D eigenvalue weighted by atomic mass is 35.5. The van der Waals surface area contributed by atoms with Gasteiger partial charge in [-0.05, 0) is 6.07 Å². The lowest BCUT2D eigenvalue weighted by molar-refractivity contribution is -0.119. The van der Waals surface area contributed by atoms with E-state index in [0.717, 1.165) is 20.0 Å². The van der Waals surface area contributed by atoms with Crippen LogP contribution >= 0.6 is 22.9 Å². The van der Waals surface area contributed by atoms with E-state index in [-0.39, 0.29) is 5.91 Å². The summed E-state index contributed by atoms with van der Waals surface area (Å²) in [5.41, 5.74) is 0. The molecule has 0 aliphatic heterocycles. The largest absolute Gasteiger partial charge is 0.351 e. The van der Waals surface area contributed by atoms with E-state index in [2.05, 4.69) is 5.32 Å². The van der Waals surface area contributed by atoms with Crippen molar-refractivity contribution in [3.05, 3.63) is 34.2 Å². The normalized spacial score (nSPS) is 10.5. The number of carbonyl (C=O) groups excluding carboxylic acids is 1. The van der Waals surface area contributed by atoms with Gasteiger partial charge in [0, 0.05) is 21.9 Å². The summed E-state index contributed by atoms with van der Waals surface area (Å²) in [6, 6.07) is 7.97. The second-order valence-electron chi connectivity index (χ2n) is 3.25. The van der Waals surface area contributed by atoms with E-state index < -0.39 is 0 Å². The van der Waals surface area contributed by atoms with E-state index in [4.69, 9.17) is 11.6 Å². The van der Waals surface area contributed by atoms with Crippen molar-refractivity contribution in [3.8, 4) is 0 Å². The molecule has 0 fully saturated rings. The predicted octanol–water partition coefficient (Wildman–Crippen LogP) is 3.19. The van der Waals surface area contributed by atoms with Crippen molar-refractivity contribution < 1.29 is 4.79 Å². The molecule has 1 amide bonds. The lowest BCUT2D eigenvalue weighted by Crippen LogP contribution is -2.18. The summed E-state index contributed by atoms with van der Waals surface area (Å²) in [7, 11) is 0. The molecule has 0 spiro atoms. The Kier molecular flexibility index (Phi) is 2.93. The predicted molar refractivity (Wildman–Crippen MR) is 64.4 cm³/mol. The van der Waals surface area contributed by atoms with E-state index >= 15 is 0 Å². The van der Waals surface area contributed by atoms with Gasteiger partial charge in [0.05, 0.1) is 11.6 Å². The van der Waals surface area contributed by atoms with Gasteiger partial charge in [0.25, 0.3) is 0 Å². The maximum atomic E-state index is 10.8. The zero-order valence-electron chi connectivity index (χ0n) is 8.21. The lowest BCUT2D eigenvalue weighted by atomic mass is 10.2. The third-order valence-corrected chi connectivity index (χ3v) is 3.81. The summed E-state index contributed by atoms with van der Waals surface area (Å²) < 4.78 is 1.16. The average Bonchev–Trinajstić information content (AvgIpc) is 2.54. The third kappa shape index (κ3) is 2.13. The number of fused-ring (bicyclic) bond motifs is 1. The van der Waals surface area contributed by atoms with Gasteiger partial charge in [-0.25, -0.2) is 0 Å². The van der Waals surface area contributed by atoms with Gasteiger partial charge in [-0.2, -0.15) is 0 Å².